The average molecular weight is 315 g/mol. The Hall–Kier alpha value is -2.33. The van der Waals surface area contributed by atoms with Crippen molar-refractivity contribution in [3.05, 3.63) is 80.5 Å². The molecule has 1 atom stereocenters. The first-order chi connectivity index (χ1) is 10.6. The second kappa shape index (κ2) is 5.81. The van der Waals surface area contributed by atoms with Crippen LogP contribution >= 0.6 is 11.6 Å². The summed E-state index contributed by atoms with van der Waals surface area (Å²) in [6, 6.07) is 13.2. The summed E-state index contributed by atoms with van der Waals surface area (Å²) >= 11 is 5.92. The molecule has 0 fully saturated rings. The molecule has 0 unspecified atom stereocenters. The van der Waals surface area contributed by atoms with Crippen LogP contribution in [0, 0.1) is 17.0 Å². The van der Waals surface area contributed by atoms with Crippen LogP contribution in [0.1, 0.15) is 22.6 Å². The van der Waals surface area contributed by atoms with E-state index in [1.807, 2.05) is 43.5 Å². The molecule has 0 radical (unpaired) electrons. The number of fused-ring (bicyclic) bond motifs is 1. The van der Waals surface area contributed by atoms with E-state index in [1.54, 1.807) is 12.1 Å². The zero-order chi connectivity index (χ0) is 15.7. The van der Waals surface area contributed by atoms with Gasteiger partial charge in [0.15, 0.2) is 0 Å². The summed E-state index contributed by atoms with van der Waals surface area (Å²) < 4.78 is 0. The van der Waals surface area contributed by atoms with E-state index in [2.05, 4.69) is 4.98 Å². The smallest absolute Gasteiger partial charge is 0.214 e. The number of nitrogens with zero attached hydrogens (tertiary/aromatic N) is 1. The number of nitrogens with one attached hydrogen (secondary N) is 1. The Balaban J connectivity index is 2.14. The number of nitro groups is 1. The van der Waals surface area contributed by atoms with Crippen LogP contribution in [0.3, 0.4) is 0 Å². The highest BCUT2D eigenvalue weighted by Crippen LogP contribution is 2.32. The van der Waals surface area contributed by atoms with Gasteiger partial charge < -0.3 is 4.98 Å². The van der Waals surface area contributed by atoms with Crippen LogP contribution < -0.4 is 0 Å². The average Bonchev–Trinajstić information content (AvgIpc) is 2.91. The van der Waals surface area contributed by atoms with Gasteiger partial charge in [-0.05, 0) is 35.7 Å². The number of hydrogen-bond donors (Lipinski definition) is 1. The molecule has 3 aromatic rings. The van der Waals surface area contributed by atoms with Gasteiger partial charge in [-0.3, -0.25) is 10.1 Å². The Morgan fingerprint density at radius 3 is 2.64 bits per heavy atom. The predicted octanol–water partition coefficient (Wildman–Crippen LogP) is 4.54. The van der Waals surface area contributed by atoms with Crippen molar-refractivity contribution < 1.29 is 4.92 Å². The maximum Gasteiger partial charge on any atom is 0.214 e. The maximum absolute atomic E-state index is 11.1. The molecule has 0 bridgehead atoms. The van der Waals surface area contributed by atoms with Gasteiger partial charge >= 0.3 is 0 Å². The number of benzene rings is 2. The lowest BCUT2D eigenvalue weighted by molar-refractivity contribution is -0.481. The molecule has 22 heavy (non-hydrogen) atoms. The molecule has 2 aromatic carbocycles. The quantitative estimate of drug-likeness (QED) is 0.568. The van der Waals surface area contributed by atoms with Crippen molar-refractivity contribution in [2.45, 2.75) is 12.8 Å². The largest absolute Gasteiger partial charge is 0.361 e. The van der Waals surface area contributed by atoms with Gasteiger partial charge in [-0.25, -0.2) is 0 Å². The molecular weight excluding hydrogens is 300 g/mol. The fourth-order valence-electron chi connectivity index (χ4n) is 2.84. The van der Waals surface area contributed by atoms with Gasteiger partial charge in [0.1, 0.15) is 0 Å². The lowest BCUT2D eigenvalue weighted by atomic mass is 9.91. The Kier molecular flexibility index (Phi) is 3.86. The molecular formula is C17H15ClN2O2. The van der Waals surface area contributed by atoms with Gasteiger partial charge in [-0.1, -0.05) is 41.9 Å². The molecule has 0 aliphatic heterocycles. The summed E-state index contributed by atoms with van der Waals surface area (Å²) in [5.41, 5.74) is 3.99. The van der Waals surface area contributed by atoms with E-state index in [9.17, 15) is 10.1 Å². The lowest BCUT2D eigenvalue weighted by Gasteiger charge is -2.13. The monoisotopic (exact) mass is 314 g/mol. The van der Waals surface area contributed by atoms with Gasteiger partial charge in [0, 0.05) is 27.0 Å². The van der Waals surface area contributed by atoms with Crippen molar-refractivity contribution >= 4 is 22.5 Å². The van der Waals surface area contributed by atoms with E-state index < -0.39 is 0 Å². The van der Waals surface area contributed by atoms with E-state index in [0.29, 0.717) is 5.02 Å². The summed E-state index contributed by atoms with van der Waals surface area (Å²) in [6.07, 6.45) is 1.88. The van der Waals surface area contributed by atoms with Crippen LogP contribution in [0.25, 0.3) is 10.9 Å². The molecule has 0 saturated carbocycles. The molecule has 1 aromatic heterocycles. The standard InChI is InChI=1S/C17H15ClN2O2/c1-11-3-2-4-14-15(9-19-17(11)14)16(10-20(21)22)12-5-7-13(18)8-6-12/h2-9,16,19H,10H2,1H3/t16-/m0/s1. The summed E-state index contributed by atoms with van der Waals surface area (Å²) in [5.74, 6) is -0.303. The molecule has 5 heteroatoms. The van der Waals surface area contributed by atoms with Crippen LogP contribution in [0.4, 0.5) is 0 Å². The summed E-state index contributed by atoms with van der Waals surface area (Å²) in [6.45, 7) is 1.87. The number of halogens is 1. The molecule has 112 valence electrons. The number of aromatic amines is 1. The summed E-state index contributed by atoms with van der Waals surface area (Å²) in [4.78, 5) is 14.1. The molecule has 0 aliphatic rings. The number of rotatable bonds is 4. The minimum atomic E-state index is -0.303. The molecule has 0 saturated heterocycles. The molecule has 3 rings (SSSR count). The summed E-state index contributed by atoms with van der Waals surface area (Å²) in [5, 5.41) is 12.8. The minimum Gasteiger partial charge on any atom is -0.361 e. The first-order valence-corrected chi connectivity index (χ1v) is 7.38. The number of hydrogen-bond acceptors (Lipinski definition) is 2. The third kappa shape index (κ3) is 2.70. The number of para-hydroxylation sites is 1. The zero-order valence-electron chi connectivity index (χ0n) is 12.0. The van der Waals surface area contributed by atoms with E-state index >= 15 is 0 Å². The number of H-pyrrole nitrogens is 1. The Labute approximate surface area is 132 Å². The molecule has 1 N–H and O–H groups in total. The van der Waals surface area contributed by atoms with Crippen molar-refractivity contribution in [3.63, 3.8) is 0 Å². The summed E-state index contributed by atoms with van der Waals surface area (Å²) in [7, 11) is 0. The van der Waals surface area contributed by atoms with Gasteiger partial charge in [0.25, 0.3) is 0 Å². The third-order valence-electron chi connectivity index (χ3n) is 3.94. The van der Waals surface area contributed by atoms with Gasteiger partial charge in [0.2, 0.25) is 6.54 Å². The fraction of sp³-hybridized carbons (Fsp3) is 0.176. The SMILES string of the molecule is Cc1cccc2c([C@@H](C[N+](=O)[O-])c3ccc(Cl)cc3)c[nH]c12. The van der Waals surface area contributed by atoms with Gasteiger partial charge in [-0.15, -0.1) is 0 Å². The van der Waals surface area contributed by atoms with Crippen molar-refractivity contribution in [1.82, 2.24) is 4.98 Å². The molecule has 0 amide bonds. The highest BCUT2D eigenvalue weighted by atomic mass is 35.5. The number of aromatic nitrogens is 1. The van der Waals surface area contributed by atoms with E-state index in [-0.39, 0.29) is 17.4 Å². The van der Waals surface area contributed by atoms with Crippen LogP contribution in [0.5, 0.6) is 0 Å². The van der Waals surface area contributed by atoms with Gasteiger partial charge in [-0.2, -0.15) is 0 Å². The first kappa shape index (κ1) is 14.6. The topological polar surface area (TPSA) is 58.9 Å². The van der Waals surface area contributed by atoms with E-state index in [0.717, 1.165) is 27.6 Å². The predicted molar refractivity (Wildman–Crippen MR) is 88.2 cm³/mol. The van der Waals surface area contributed by atoms with Crippen molar-refractivity contribution in [3.8, 4) is 0 Å². The van der Waals surface area contributed by atoms with Gasteiger partial charge in [0.05, 0.1) is 5.92 Å². The van der Waals surface area contributed by atoms with Crippen LogP contribution in [0.15, 0.2) is 48.7 Å². The van der Waals surface area contributed by atoms with Crippen LogP contribution in [0.2, 0.25) is 5.02 Å². The van der Waals surface area contributed by atoms with Crippen molar-refractivity contribution in [1.29, 1.82) is 0 Å². The second-order valence-electron chi connectivity index (χ2n) is 5.36. The minimum absolute atomic E-state index is 0.150. The highest BCUT2D eigenvalue weighted by Gasteiger charge is 2.23. The number of aryl methyl sites for hydroxylation is 1. The Bertz CT molecular complexity index is 824. The Morgan fingerprint density at radius 2 is 1.95 bits per heavy atom. The third-order valence-corrected chi connectivity index (χ3v) is 4.19. The normalized spacial score (nSPS) is 12.5. The van der Waals surface area contributed by atoms with E-state index in [1.165, 1.54) is 0 Å². The Morgan fingerprint density at radius 1 is 1.23 bits per heavy atom. The molecule has 0 aliphatic carbocycles. The fourth-order valence-corrected chi connectivity index (χ4v) is 2.97. The molecule has 1 heterocycles. The second-order valence-corrected chi connectivity index (χ2v) is 5.80. The van der Waals surface area contributed by atoms with Crippen molar-refractivity contribution in [2.24, 2.45) is 0 Å². The zero-order valence-corrected chi connectivity index (χ0v) is 12.8. The highest BCUT2D eigenvalue weighted by molar-refractivity contribution is 6.30. The van der Waals surface area contributed by atoms with Crippen molar-refractivity contribution in [2.75, 3.05) is 6.54 Å². The van der Waals surface area contributed by atoms with Crippen LogP contribution in [-0.4, -0.2) is 16.5 Å². The maximum atomic E-state index is 11.1. The lowest BCUT2D eigenvalue weighted by Crippen LogP contribution is -2.13. The molecule has 0 spiro atoms. The first-order valence-electron chi connectivity index (χ1n) is 7.00. The van der Waals surface area contributed by atoms with Crippen LogP contribution in [-0.2, 0) is 0 Å². The van der Waals surface area contributed by atoms with E-state index in [4.69, 9.17) is 11.6 Å². The molecule has 4 nitrogen and oxygen atoms in total.